The molecule has 0 aromatic carbocycles. The van der Waals surface area contributed by atoms with Gasteiger partial charge in [0.05, 0.1) is 17.6 Å². The van der Waals surface area contributed by atoms with Crippen LogP contribution in [0.5, 0.6) is 0 Å². The molecule has 3 nitrogen and oxygen atoms in total. The summed E-state index contributed by atoms with van der Waals surface area (Å²) < 4.78 is 0.406. The summed E-state index contributed by atoms with van der Waals surface area (Å²) in [6.07, 6.45) is 12.5. The van der Waals surface area contributed by atoms with E-state index < -0.39 is 0 Å². The lowest BCUT2D eigenvalue weighted by atomic mass is 9.88. The molecule has 0 aliphatic heterocycles. The fourth-order valence-corrected chi connectivity index (χ4v) is 3.38. The third kappa shape index (κ3) is 3.28. The maximum atomic E-state index is 5.73. The molecule has 0 spiro atoms. The van der Waals surface area contributed by atoms with Crippen LogP contribution in [0.3, 0.4) is 0 Å². The van der Waals surface area contributed by atoms with Gasteiger partial charge in [0.25, 0.3) is 0 Å². The van der Waals surface area contributed by atoms with E-state index in [9.17, 15) is 0 Å². The molecule has 2 rings (SSSR count). The van der Waals surface area contributed by atoms with Crippen molar-refractivity contribution in [3.63, 3.8) is 0 Å². The molecule has 1 saturated carbocycles. The van der Waals surface area contributed by atoms with Gasteiger partial charge in [-0.25, -0.2) is 0 Å². The number of aromatic nitrogens is 1. The van der Waals surface area contributed by atoms with Crippen molar-refractivity contribution in [3.8, 4) is 0 Å². The number of pyridine rings is 1. The molecule has 3 N–H and O–H groups in total. The van der Waals surface area contributed by atoms with Crippen LogP contribution in [0.25, 0.3) is 0 Å². The molecule has 1 aromatic heterocycles. The molecule has 1 aliphatic rings. The quantitative estimate of drug-likeness (QED) is 0.863. The number of nitrogens with zero attached hydrogens (tertiary/aromatic N) is 1. The average molecular weight is 251 g/mol. The van der Waals surface area contributed by atoms with Crippen molar-refractivity contribution in [1.82, 2.24) is 4.98 Å². The summed E-state index contributed by atoms with van der Waals surface area (Å²) in [7, 11) is 0. The van der Waals surface area contributed by atoms with Gasteiger partial charge in [-0.15, -0.1) is 0 Å². The fraction of sp³-hybridized carbons (Fsp3) is 0.615. The molecule has 1 aliphatic carbocycles. The number of nitrogen functional groups attached to an aromatic ring is 1. The third-order valence-electron chi connectivity index (χ3n) is 3.57. The highest BCUT2D eigenvalue weighted by molar-refractivity contribution is 8.00. The highest BCUT2D eigenvalue weighted by Crippen LogP contribution is 2.38. The summed E-state index contributed by atoms with van der Waals surface area (Å²) in [5.74, 6) is 0. The van der Waals surface area contributed by atoms with Gasteiger partial charge < -0.3 is 11.1 Å². The molecule has 4 heteroatoms. The minimum absolute atomic E-state index is 0.406. The van der Waals surface area contributed by atoms with Gasteiger partial charge in [0.15, 0.2) is 0 Å². The van der Waals surface area contributed by atoms with Crippen molar-refractivity contribution in [3.05, 3.63) is 18.5 Å². The number of nitrogens with two attached hydrogens (primary N) is 1. The highest BCUT2D eigenvalue weighted by Gasteiger charge is 2.30. The zero-order valence-corrected chi connectivity index (χ0v) is 11.2. The summed E-state index contributed by atoms with van der Waals surface area (Å²) in [5.41, 5.74) is 7.48. The van der Waals surface area contributed by atoms with Crippen LogP contribution >= 0.6 is 11.8 Å². The van der Waals surface area contributed by atoms with Crippen molar-refractivity contribution in [2.45, 2.75) is 36.9 Å². The van der Waals surface area contributed by atoms with Crippen LogP contribution in [-0.4, -0.2) is 22.5 Å². The normalized spacial score (nSPS) is 18.9. The van der Waals surface area contributed by atoms with Crippen LogP contribution in [-0.2, 0) is 0 Å². The number of anilines is 2. The predicted octanol–water partition coefficient (Wildman–Crippen LogP) is 3.14. The molecule has 0 atom stereocenters. The SMILES string of the molecule is CSC1(CNc2cncc(N)c2)CCCCC1. The van der Waals surface area contributed by atoms with E-state index in [1.165, 1.54) is 32.1 Å². The van der Waals surface area contributed by atoms with E-state index in [4.69, 9.17) is 5.73 Å². The molecule has 0 radical (unpaired) electrons. The van der Waals surface area contributed by atoms with E-state index in [0.717, 1.165) is 17.9 Å². The fourth-order valence-electron chi connectivity index (χ4n) is 2.47. The predicted molar refractivity (Wildman–Crippen MR) is 76.5 cm³/mol. The van der Waals surface area contributed by atoms with Gasteiger partial charge in [-0.05, 0) is 25.2 Å². The Morgan fingerprint density at radius 2 is 2.12 bits per heavy atom. The van der Waals surface area contributed by atoms with Crippen LogP contribution < -0.4 is 11.1 Å². The first-order valence-corrected chi connectivity index (χ1v) is 7.46. The summed E-state index contributed by atoms with van der Waals surface area (Å²) in [6, 6.07) is 1.95. The van der Waals surface area contributed by atoms with Crippen molar-refractivity contribution in [1.29, 1.82) is 0 Å². The smallest absolute Gasteiger partial charge is 0.0547 e. The van der Waals surface area contributed by atoms with E-state index in [1.54, 1.807) is 6.20 Å². The van der Waals surface area contributed by atoms with E-state index in [0.29, 0.717) is 4.75 Å². The first-order chi connectivity index (χ1) is 8.24. The Balaban J connectivity index is 1.95. The maximum Gasteiger partial charge on any atom is 0.0547 e. The number of thioether (sulfide) groups is 1. The van der Waals surface area contributed by atoms with Gasteiger partial charge in [0, 0.05) is 17.5 Å². The lowest BCUT2D eigenvalue weighted by molar-refractivity contribution is 0.411. The largest absolute Gasteiger partial charge is 0.397 e. The molecular weight excluding hydrogens is 230 g/mol. The monoisotopic (exact) mass is 251 g/mol. The van der Waals surface area contributed by atoms with Gasteiger partial charge in [-0.2, -0.15) is 11.8 Å². The van der Waals surface area contributed by atoms with E-state index in [1.807, 2.05) is 24.0 Å². The average Bonchev–Trinajstić information content (AvgIpc) is 2.38. The minimum atomic E-state index is 0.406. The Kier molecular flexibility index (Phi) is 4.15. The maximum absolute atomic E-state index is 5.73. The first kappa shape index (κ1) is 12.6. The van der Waals surface area contributed by atoms with Crippen LogP contribution in [0.2, 0.25) is 0 Å². The van der Waals surface area contributed by atoms with Crippen LogP contribution in [0.4, 0.5) is 11.4 Å². The first-order valence-electron chi connectivity index (χ1n) is 6.24. The van der Waals surface area contributed by atoms with E-state index in [2.05, 4.69) is 16.6 Å². The molecule has 0 amide bonds. The highest BCUT2D eigenvalue weighted by atomic mass is 32.2. The Labute approximate surface area is 108 Å². The topological polar surface area (TPSA) is 50.9 Å². The number of nitrogens with one attached hydrogen (secondary N) is 1. The third-order valence-corrected chi connectivity index (χ3v) is 4.99. The summed E-state index contributed by atoms with van der Waals surface area (Å²) >= 11 is 2.00. The molecule has 1 fully saturated rings. The van der Waals surface area contributed by atoms with E-state index in [-0.39, 0.29) is 0 Å². The Morgan fingerprint density at radius 1 is 1.35 bits per heavy atom. The molecular formula is C13H21N3S. The number of rotatable bonds is 4. The summed E-state index contributed by atoms with van der Waals surface area (Å²) in [6.45, 7) is 1.01. The zero-order chi connectivity index (χ0) is 12.1. The molecule has 0 saturated heterocycles. The number of hydrogen-bond donors (Lipinski definition) is 2. The molecule has 94 valence electrons. The van der Waals surface area contributed by atoms with Gasteiger partial charge in [0.1, 0.15) is 0 Å². The molecule has 0 bridgehead atoms. The second-order valence-corrected chi connectivity index (χ2v) is 6.08. The van der Waals surface area contributed by atoms with Gasteiger partial charge in [0.2, 0.25) is 0 Å². The lowest BCUT2D eigenvalue weighted by Crippen LogP contribution is -2.35. The van der Waals surface area contributed by atoms with Crippen molar-refractivity contribution < 1.29 is 0 Å². The zero-order valence-electron chi connectivity index (χ0n) is 10.4. The second-order valence-electron chi connectivity index (χ2n) is 4.81. The van der Waals surface area contributed by atoms with Gasteiger partial charge in [-0.1, -0.05) is 19.3 Å². The standard InChI is InChI=1S/C13H21N3S/c1-17-13(5-3-2-4-6-13)10-16-12-7-11(14)8-15-9-12/h7-9,16H,2-6,10,14H2,1H3. The van der Waals surface area contributed by atoms with Crippen molar-refractivity contribution in [2.24, 2.45) is 0 Å². The summed E-state index contributed by atoms with van der Waals surface area (Å²) in [4.78, 5) is 4.10. The molecule has 1 aromatic rings. The number of hydrogen-bond acceptors (Lipinski definition) is 4. The van der Waals surface area contributed by atoms with Crippen molar-refractivity contribution >= 4 is 23.1 Å². The Bertz CT molecular complexity index is 361. The molecule has 0 unspecified atom stereocenters. The van der Waals surface area contributed by atoms with Crippen LogP contribution in [0.15, 0.2) is 18.5 Å². The molecule has 1 heterocycles. The Hall–Kier alpha value is -0.900. The summed E-state index contributed by atoms with van der Waals surface area (Å²) in [5, 5.41) is 3.48. The van der Waals surface area contributed by atoms with Gasteiger partial charge >= 0.3 is 0 Å². The van der Waals surface area contributed by atoms with Gasteiger partial charge in [-0.3, -0.25) is 4.98 Å². The van der Waals surface area contributed by atoms with Crippen molar-refractivity contribution in [2.75, 3.05) is 23.9 Å². The Morgan fingerprint density at radius 3 is 2.76 bits per heavy atom. The second kappa shape index (κ2) is 5.63. The lowest BCUT2D eigenvalue weighted by Gasteiger charge is -2.36. The van der Waals surface area contributed by atoms with Crippen LogP contribution in [0, 0.1) is 0 Å². The van der Waals surface area contributed by atoms with E-state index >= 15 is 0 Å². The minimum Gasteiger partial charge on any atom is -0.397 e. The van der Waals surface area contributed by atoms with Crippen LogP contribution in [0.1, 0.15) is 32.1 Å². The molecule has 17 heavy (non-hydrogen) atoms.